The number of Topliss-reactive ketones (excluding diaryl/α,β-unsaturated/α-hetero) is 4. The molecule has 0 amide bonds. The van der Waals surface area contributed by atoms with E-state index in [1.54, 1.807) is 0 Å². The van der Waals surface area contributed by atoms with Crippen LogP contribution in [0.5, 0.6) is 0 Å². The summed E-state index contributed by atoms with van der Waals surface area (Å²) < 4.78 is 123. The van der Waals surface area contributed by atoms with Crippen LogP contribution in [0.4, 0.5) is 0 Å². The Hall–Kier alpha value is -4.61. The molecule has 0 saturated heterocycles. The molecule has 0 aromatic heterocycles. The van der Waals surface area contributed by atoms with Crippen molar-refractivity contribution in [2.24, 2.45) is 5.41 Å². The second-order valence-corrected chi connectivity index (χ2v) is 25.7. The van der Waals surface area contributed by atoms with Crippen LogP contribution in [-0.2, 0) is 143 Å². The Morgan fingerprint density at radius 3 is 0.558 bits per heavy atom. The van der Waals surface area contributed by atoms with E-state index < -0.39 is 57.7 Å². The molecule has 0 aliphatic rings. The van der Waals surface area contributed by atoms with E-state index in [0.29, 0.717) is 71.7 Å². The molecule has 0 aromatic carbocycles. The van der Waals surface area contributed by atoms with Gasteiger partial charge in [-0.05, 0) is 44.9 Å². The standard InChI is InChI=1S/C74H132O30/c1-13-29-89-53-71(101-33-17-5,54-90-30-14-2)45-61(75)20-36-93-49-70(50-94-37-21-62(76)46-72(102-34-18-6,55-91-31-15-3)57-97-40-24-65(79)84-8,51-95-38-22-63(77)47-73(103-35-19-7,58-98-41-25-66(80)85-9)59-99-42-26-67(81)86-10)52-96-39-23-64(78)48-74(56-92-32-16-4,104-44-28-69(83)88-12)60-100-43-27-68(82)87-11/h13-60H2,1-12H3. The Kier molecular flexibility index (Phi) is 60.5. The summed E-state index contributed by atoms with van der Waals surface area (Å²) in [5, 5.41) is 0. The van der Waals surface area contributed by atoms with Gasteiger partial charge in [0.15, 0.2) is 0 Å². The van der Waals surface area contributed by atoms with E-state index in [9.17, 15) is 43.2 Å². The Morgan fingerprint density at radius 1 is 0.202 bits per heavy atom. The fourth-order valence-corrected chi connectivity index (χ4v) is 10.1. The van der Waals surface area contributed by atoms with Gasteiger partial charge in [-0.1, -0.05) is 48.5 Å². The summed E-state index contributed by atoms with van der Waals surface area (Å²) in [5.41, 5.74) is -6.30. The van der Waals surface area contributed by atoms with E-state index in [4.69, 9.17) is 99.5 Å². The second kappa shape index (κ2) is 63.3. The number of rotatable bonds is 77. The maximum absolute atomic E-state index is 14.3. The number of methoxy groups -OCH3 is 5. The fraction of sp³-hybridized carbons (Fsp3) is 0.878. The van der Waals surface area contributed by atoms with Crippen molar-refractivity contribution in [3.05, 3.63) is 0 Å². The van der Waals surface area contributed by atoms with Gasteiger partial charge in [-0.2, -0.15) is 0 Å². The Balaban J connectivity index is 7.76. The summed E-state index contributed by atoms with van der Waals surface area (Å²) in [4.78, 5) is 117. The number of carbonyl (C=O) groups is 9. The Labute approximate surface area is 618 Å². The summed E-state index contributed by atoms with van der Waals surface area (Å²) in [6, 6.07) is 0. The maximum Gasteiger partial charge on any atom is 0.307 e. The zero-order valence-corrected chi connectivity index (χ0v) is 65.2. The lowest BCUT2D eigenvalue weighted by Crippen LogP contribution is -2.46. The first kappa shape index (κ1) is 99.4. The highest BCUT2D eigenvalue weighted by Crippen LogP contribution is 2.28. The molecule has 3 atom stereocenters. The molecule has 0 aliphatic carbocycles. The molecule has 0 rings (SSSR count). The predicted molar refractivity (Wildman–Crippen MR) is 379 cm³/mol. The Bertz CT molecular complexity index is 2240. The molecule has 608 valence electrons. The number of ketones is 4. The minimum absolute atomic E-state index is 0.0147. The van der Waals surface area contributed by atoms with Gasteiger partial charge in [0.1, 0.15) is 45.5 Å². The topological polar surface area (TPSA) is 347 Å². The molecular formula is C74H132O30. The highest BCUT2D eigenvalue weighted by Gasteiger charge is 2.40. The summed E-state index contributed by atoms with van der Waals surface area (Å²) in [6.07, 6.45) is 3.28. The minimum Gasteiger partial charge on any atom is -0.469 e. The SMILES string of the molecule is CCCOCC(COCCC)(CC(=O)CCOCC(COCCC(=O)CC(COCCC)(COCCC(=O)OC)OCCC)(COCCC(=O)CC(COCCC(=O)OC)(COCCC(=O)OC)OCCC)COCCC(=O)CC(COCCC)(COCCC(=O)OC)OCCC(=O)OC)OCCC. The van der Waals surface area contributed by atoms with Crippen LogP contribution in [0.15, 0.2) is 0 Å². The first-order valence-electron chi connectivity index (χ1n) is 37.0. The first-order chi connectivity index (χ1) is 50.1. The average Bonchev–Trinajstić information content (AvgIpc) is 0.880. The third-order valence-corrected chi connectivity index (χ3v) is 15.6. The Morgan fingerprint density at radius 2 is 0.365 bits per heavy atom. The summed E-state index contributed by atoms with van der Waals surface area (Å²) >= 11 is 0. The number of carbonyl (C=O) groups excluding carboxylic acids is 9. The van der Waals surface area contributed by atoms with Crippen LogP contribution in [0, 0.1) is 5.41 Å². The summed E-state index contributed by atoms with van der Waals surface area (Å²) in [5.74, 6) is -3.59. The number of hydrogen-bond donors (Lipinski definition) is 0. The maximum atomic E-state index is 14.3. The monoisotopic (exact) mass is 1500 g/mol. The van der Waals surface area contributed by atoms with Gasteiger partial charge in [-0.3, -0.25) is 43.2 Å². The summed E-state index contributed by atoms with van der Waals surface area (Å²) in [7, 11) is 6.30. The lowest BCUT2D eigenvalue weighted by Gasteiger charge is -2.34. The molecule has 0 saturated carbocycles. The smallest absolute Gasteiger partial charge is 0.307 e. The molecule has 0 spiro atoms. The predicted octanol–water partition coefficient (Wildman–Crippen LogP) is 7.28. The van der Waals surface area contributed by atoms with Crippen LogP contribution in [0.2, 0.25) is 0 Å². The molecule has 30 heteroatoms. The molecule has 0 fully saturated rings. The molecule has 0 aliphatic heterocycles. The van der Waals surface area contributed by atoms with Crippen LogP contribution < -0.4 is 0 Å². The van der Waals surface area contributed by atoms with Gasteiger partial charge in [0, 0.05) is 97.6 Å². The quantitative estimate of drug-likeness (QED) is 0.0328. The molecular weight excluding hydrogens is 1370 g/mol. The number of esters is 5. The molecule has 0 heterocycles. The summed E-state index contributed by atoms with van der Waals surface area (Å²) in [6.45, 7) is 14.2. The zero-order valence-electron chi connectivity index (χ0n) is 65.2. The second-order valence-electron chi connectivity index (χ2n) is 25.7. The highest BCUT2D eigenvalue weighted by molar-refractivity contribution is 5.81. The van der Waals surface area contributed by atoms with Crippen molar-refractivity contribution >= 4 is 53.0 Å². The van der Waals surface area contributed by atoms with Gasteiger partial charge in [-0.15, -0.1) is 0 Å². The molecule has 0 radical (unpaired) electrons. The van der Waals surface area contributed by atoms with Gasteiger partial charge >= 0.3 is 29.8 Å². The number of hydrogen-bond acceptors (Lipinski definition) is 30. The van der Waals surface area contributed by atoms with Crippen LogP contribution in [0.25, 0.3) is 0 Å². The van der Waals surface area contributed by atoms with Crippen LogP contribution in [0.1, 0.15) is 177 Å². The third kappa shape index (κ3) is 49.4. The van der Waals surface area contributed by atoms with Crippen LogP contribution in [0.3, 0.4) is 0 Å². The minimum atomic E-state index is -1.41. The van der Waals surface area contributed by atoms with Crippen molar-refractivity contribution < 1.29 is 143 Å². The highest BCUT2D eigenvalue weighted by atomic mass is 16.6. The molecule has 0 bridgehead atoms. The molecule has 104 heavy (non-hydrogen) atoms. The molecule has 30 nitrogen and oxygen atoms in total. The van der Waals surface area contributed by atoms with Crippen molar-refractivity contribution in [3.63, 3.8) is 0 Å². The van der Waals surface area contributed by atoms with E-state index >= 15 is 0 Å². The van der Waals surface area contributed by atoms with E-state index in [1.807, 2.05) is 48.5 Å². The van der Waals surface area contributed by atoms with Crippen molar-refractivity contribution in [2.75, 3.05) is 221 Å². The van der Waals surface area contributed by atoms with Gasteiger partial charge in [0.05, 0.1) is 212 Å². The molecule has 0 N–H and O–H groups in total. The van der Waals surface area contributed by atoms with E-state index in [0.717, 1.165) is 12.8 Å². The fourth-order valence-electron chi connectivity index (χ4n) is 10.1. The van der Waals surface area contributed by atoms with Gasteiger partial charge in [0.2, 0.25) is 0 Å². The first-order valence-corrected chi connectivity index (χ1v) is 37.0. The van der Waals surface area contributed by atoms with Crippen molar-refractivity contribution in [1.82, 2.24) is 0 Å². The number of ether oxygens (including phenoxy) is 21. The normalized spacial score (nSPS) is 13.5. The third-order valence-electron chi connectivity index (χ3n) is 15.6. The lowest BCUT2D eigenvalue weighted by molar-refractivity contribution is -0.161. The van der Waals surface area contributed by atoms with Gasteiger partial charge < -0.3 is 99.5 Å². The van der Waals surface area contributed by atoms with Crippen LogP contribution in [-0.4, -0.2) is 296 Å². The molecule has 0 aromatic rings. The van der Waals surface area contributed by atoms with Crippen LogP contribution >= 0.6 is 0 Å². The largest absolute Gasteiger partial charge is 0.469 e. The average molecular weight is 1500 g/mol. The van der Waals surface area contributed by atoms with Crippen molar-refractivity contribution in [3.8, 4) is 0 Å². The van der Waals surface area contributed by atoms with Gasteiger partial charge in [0.25, 0.3) is 0 Å². The zero-order chi connectivity index (χ0) is 77.5. The van der Waals surface area contributed by atoms with Gasteiger partial charge in [-0.25, -0.2) is 0 Å². The van der Waals surface area contributed by atoms with Crippen molar-refractivity contribution in [1.29, 1.82) is 0 Å². The van der Waals surface area contributed by atoms with E-state index in [-0.39, 0.29) is 252 Å². The van der Waals surface area contributed by atoms with E-state index in [2.05, 4.69) is 0 Å². The van der Waals surface area contributed by atoms with E-state index in [1.165, 1.54) is 35.5 Å². The molecule has 3 unspecified atom stereocenters. The lowest BCUT2D eigenvalue weighted by atomic mass is 9.91. The van der Waals surface area contributed by atoms with Crippen molar-refractivity contribution in [2.45, 2.75) is 199 Å².